The Morgan fingerprint density at radius 2 is 1.37 bits per heavy atom. The number of ether oxygens (including phenoxy) is 3. The quantitative estimate of drug-likeness (QED) is 0.0834. The summed E-state index contributed by atoms with van der Waals surface area (Å²) in [5.74, 6) is -2.12. The minimum absolute atomic E-state index is 0. The smallest absolute Gasteiger partial charge is 0.774 e. The number of imidazole rings is 1. The largest absolute Gasteiger partial charge is 1.00 e. The molecule has 0 aliphatic carbocycles. The van der Waals surface area contributed by atoms with Gasteiger partial charge in [-0.2, -0.15) is 8.78 Å². The van der Waals surface area contributed by atoms with Gasteiger partial charge in [0, 0.05) is 16.2 Å². The van der Waals surface area contributed by atoms with Crippen molar-refractivity contribution in [3.05, 3.63) is 116 Å². The molecule has 0 saturated carbocycles. The number of esters is 3. The monoisotopic (exact) mass is 842 g/mol. The van der Waals surface area contributed by atoms with Crippen LogP contribution in [0.1, 0.15) is 68.6 Å². The number of alkyl halides is 2. The van der Waals surface area contributed by atoms with Gasteiger partial charge in [-0.15, -0.1) is 0 Å². The maximum atomic E-state index is 15.3. The van der Waals surface area contributed by atoms with Crippen LogP contribution in [0.15, 0.2) is 88.3 Å². The number of nitrogens with zero attached hydrogens (tertiary/aromatic N) is 2. The summed E-state index contributed by atoms with van der Waals surface area (Å²) in [5.41, 5.74) is -5.33. The Kier molecular flexibility index (Phi) is 15.0. The van der Waals surface area contributed by atoms with Crippen molar-refractivity contribution in [3.63, 3.8) is 0 Å². The van der Waals surface area contributed by atoms with Gasteiger partial charge in [-0.3, -0.25) is 23.2 Å². The molecule has 0 N–H and O–H groups in total. The molecule has 12 nitrogen and oxygen atoms in total. The fraction of sp³-hybridized carbons (Fsp3) is 0.351. The van der Waals surface area contributed by atoms with Crippen molar-refractivity contribution in [3.8, 4) is 11.3 Å². The van der Waals surface area contributed by atoms with E-state index in [9.17, 15) is 28.6 Å². The zero-order valence-electron chi connectivity index (χ0n) is 30.9. The average Bonchev–Trinajstić information content (AvgIpc) is 3.37. The number of halogens is 3. The number of rotatable bonds is 13. The van der Waals surface area contributed by atoms with Crippen LogP contribution in [0, 0.1) is 10.8 Å². The number of hydrogen-bond donors (Lipinski definition) is 0. The second kappa shape index (κ2) is 18.0. The van der Waals surface area contributed by atoms with Crippen LogP contribution < -0.4 is 40.1 Å². The van der Waals surface area contributed by atoms with Gasteiger partial charge >= 0.3 is 58.8 Å². The molecule has 4 rings (SSSR count). The molecule has 0 fully saturated rings. The number of carbonyl (C=O) groups is 3. The molecule has 3 aromatic carbocycles. The molecule has 284 valence electrons. The summed E-state index contributed by atoms with van der Waals surface area (Å²) in [6.07, 6.45) is 1.63. The van der Waals surface area contributed by atoms with E-state index in [2.05, 4.69) is 25.2 Å². The second-order valence-corrected chi connectivity index (χ2v) is 16.8. The minimum atomic E-state index is -5.95. The average molecular weight is 844 g/mol. The SMILES string of the molecule is CC(C)(C)C(=O)OCOC(=O)c1ccc(-c2cn(Cc3ccccc3)c(=O)n2Cc2ccc(C(F)(F)P(=O)([O-])OCOC(=O)C(C)(C)C)c(Br)c2)cc1.[Na+]. The first kappa shape index (κ1) is 45.0. The molecule has 4 aromatic rings. The van der Waals surface area contributed by atoms with Crippen LogP contribution in [0.3, 0.4) is 0 Å². The van der Waals surface area contributed by atoms with Gasteiger partial charge in [0.2, 0.25) is 14.4 Å². The molecule has 0 radical (unpaired) electrons. The van der Waals surface area contributed by atoms with E-state index in [-0.39, 0.29) is 52.7 Å². The topological polar surface area (TPSA) is 155 Å². The third-order valence-electron chi connectivity index (χ3n) is 7.72. The summed E-state index contributed by atoms with van der Waals surface area (Å²) >= 11 is 3.05. The van der Waals surface area contributed by atoms with E-state index in [1.165, 1.54) is 54.2 Å². The van der Waals surface area contributed by atoms with E-state index in [1.807, 2.05) is 30.3 Å². The third kappa shape index (κ3) is 11.1. The summed E-state index contributed by atoms with van der Waals surface area (Å²) in [7, 11) is -5.95. The summed E-state index contributed by atoms with van der Waals surface area (Å²) in [4.78, 5) is 62.8. The molecule has 17 heteroatoms. The van der Waals surface area contributed by atoms with Gasteiger partial charge in [-0.25, -0.2) is 9.59 Å². The van der Waals surface area contributed by atoms with Crippen LogP contribution in [-0.2, 0) is 51.6 Å². The molecule has 0 aliphatic heterocycles. The maximum absolute atomic E-state index is 15.3. The molecular formula is C37H39BrF2N2NaO10P. The van der Waals surface area contributed by atoms with Crippen molar-refractivity contribution in [1.29, 1.82) is 0 Å². The summed E-state index contributed by atoms with van der Waals surface area (Å²) in [6, 6.07) is 18.8. The first-order valence-corrected chi connectivity index (χ1v) is 18.5. The van der Waals surface area contributed by atoms with Crippen LogP contribution in [0.4, 0.5) is 8.78 Å². The van der Waals surface area contributed by atoms with Gasteiger partial charge in [0.25, 0.3) is 0 Å². The van der Waals surface area contributed by atoms with Gasteiger partial charge < -0.3 is 23.7 Å². The predicted molar refractivity (Wildman–Crippen MR) is 192 cm³/mol. The minimum Gasteiger partial charge on any atom is -0.774 e. The summed E-state index contributed by atoms with van der Waals surface area (Å²) in [6.45, 7) is 7.82. The first-order valence-electron chi connectivity index (χ1n) is 16.2. The van der Waals surface area contributed by atoms with Crippen LogP contribution in [-0.4, -0.2) is 40.6 Å². The molecule has 54 heavy (non-hydrogen) atoms. The molecular weight excluding hydrogens is 804 g/mol. The fourth-order valence-corrected chi connectivity index (χ4v) is 6.37. The van der Waals surface area contributed by atoms with Gasteiger partial charge in [0.05, 0.1) is 35.2 Å². The van der Waals surface area contributed by atoms with Gasteiger partial charge in [-0.1, -0.05) is 70.5 Å². The Bertz CT molecular complexity index is 2080. The number of aromatic nitrogens is 2. The Labute approximate surface area is 341 Å². The van der Waals surface area contributed by atoms with Crippen molar-refractivity contribution in [2.45, 2.75) is 60.3 Å². The number of carbonyl (C=O) groups excluding carboxylic acids is 3. The zero-order valence-corrected chi connectivity index (χ0v) is 35.4. The van der Waals surface area contributed by atoms with Crippen LogP contribution in [0.25, 0.3) is 11.3 Å². The van der Waals surface area contributed by atoms with E-state index in [0.717, 1.165) is 11.6 Å². The molecule has 1 heterocycles. The molecule has 0 amide bonds. The van der Waals surface area contributed by atoms with Gasteiger partial charge in [0.15, 0.2) is 6.79 Å². The molecule has 1 unspecified atom stereocenters. The van der Waals surface area contributed by atoms with Crippen molar-refractivity contribution in [2.75, 3.05) is 13.6 Å². The predicted octanol–water partition coefficient (Wildman–Crippen LogP) is 4.05. The zero-order chi connectivity index (χ0) is 39.4. The van der Waals surface area contributed by atoms with E-state index in [0.29, 0.717) is 16.8 Å². The normalized spacial score (nSPS) is 13.0. The number of benzene rings is 3. The molecule has 1 atom stereocenters. The van der Waals surface area contributed by atoms with Crippen LogP contribution in [0.5, 0.6) is 0 Å². The van der Waals surface area contributed by atoms with E-state index < -0.39 is 66.8 Å². The summed E-state index contributed by atoms with van der Waals surface area (Å²) < 4.78 is 64.9. The van der Waals surface area contributed by atoms with E-state index in [4.69, 9.17) is 9.47 Å². The van der Waals surface area contributed by atoms with Gasteiger partial charge in [-0.05, 0) is 76.4 Å². The molecule has 1 aromatic heterocycles. The Morgan fingerprint density at radius 3 is 1.93 bits per heavy atom. The maximum Gasteiger partial charge on any atom is 1.00 e. The number of hydrogen-bond acceptors (Lipinski definition) is 10. The van der Waals surface area contributed by atoms with Crippen LogP contribution in [0.2, 0.25) is 0 Å². The first-order chi connectivity index (χ1) is 24.6. The van der Waals surface area contributed by atoms with Crippen molar-refractivity contribution >= 4 is 41.4 Å². The molecule has 0 aliphatic rings. The molecule has 0 bridgehead atoms. The Morgan fingerprint density at radius 1 is 0.796 bits per heavy atom. The Hall–Kier alpha value is -3.43. The van der Waals surface area contributed by atoms with Crippen molar-refractivity contribution in [1.82, 2.24) is 9.13 Å². The van der Waals surface area contributed by atoms with Crippen LogP contribution >= 0.6 is 23.5 Å². The van der Waals surface area contributed by atoms with Gasteiger partial charge in [0.1, 0.15) is 0 Å². The van der Waals surface area contributed by atoms with E-state index >= 15 is 8.78 Å². The second-order valence-electron chi connectivity index (χ2n) is 14.1. The Balaban J connectivity index is 0.00000784. The molecule has 0 spiro atoms. The summed E-state index contributed by atoms with van der Waals surface area (Å²) in [5, 5.41) is 0. The van der Waals surface area contributed by atoms with Crippen molar-refractivity contribution in [2.24, 2.45) is 10.8 Å². The van der Waals surface area contributed by atoms with E-state index in [1.54, 1.807) is 39.1 Å². The standard InChI is InChI=1S/C37H40BrF2N2O10P.Na/c1-35(2,3)32(44)50-22-49-31(43)27-15-13-26(14-16-27)30-21-41(19-24-10-8-7-9-11-24)34(46)42(30)20-25-12-17-28(29(38)18-25)37(39,40)53(47,48)52-23-51-33(45)36(4,5)6;/h7-18,21H,19-20,22-23H2,1-6H3,(H,47,48);/q;+1/p-1. The van der Waals surface area contributed by atoms with Crippen molar-refractivity contribution < 1.29 is 80.9 Å². The molecule has 0 saturated heterocycles. The third-order valence-corrected chi connectivity index (χ3v) is 9.75. The fourth-order valence-electron chi connectivity index (χ4n) is 4.70.